The first-order chi connectivity index (χ1) is 9.11. The summed E-state index contributed by atoms with van der Waals surface area (Å²) in [6.07, 6.45) is 0.719. The van der Waals surface area contributed by atoms with E-state index in [1.54, 1.807) is 12.1 Å². The van der Waals surface area contributed by atoms with E-state index in [0.717, 1.165) is 15.0 Å². The molecule has 1 aromatic rings. The number of carbonyl (C=O) groups excluding carboxylic acids is 1. The summed E-state index contributed by atoms with van der Waals surface area (Å²) in [5.74, 6) is -0.000291. The lowest BCUT2D eigenvalue weighted by Gasteiger charge is -2.03. The molecule has 19 heavy (non-hydrogen) atoms. The number of guanidine groups is 1. The van der Waals surface area contributed by atoms with Crippen LogP contribution in [0.25, 0.3) is 0 Å². The fourth-order valence-corrected chi connectivity index (χ4v) is 1.18. The molecule has 0 spiro atoms. The van der Waals surface area contributed by atoms with Crippen LogP contribution in [0.2, 0.25) is 0 Å². The van der Waals surface area contributed by atoms with Gasteiger partial charge in [-0.25, -0.2) is 0 Å². The molecule has 1 amide bonds. The molecule has 5 N–H and O–H groups in total. The maximum atomic E-state index is 11.5. The number of hydrogen-bond acceptors (Lipinski definition) is 2. The molecular weight excluding hydrogens is 259 g/mol. The molecule has 0 aliphatic carbocycles. The standard InChI is InChI=1S/C11H16N4O.C2H7P/c12-11(13)15-8-4-7-14-10(16)9-5-2-1-3-6-9;1-3-2/h1-3,5-6H,4,7-8H2,(H,14,16)(H4,12,13,15);3H,1-2H3. The highest BCUT2D eigenvalue weighted by atomic mass is 31.1. The van der Waals surface area contributed by atoms with Crippen LogP contribution in [0.15, 0.2) is 35.3 Å². The van der Waals surface area contributed by atoms with Gasteiger partial charge in [-0.05, 0) is 31.9 Å². The van der Waals surface area contributed by atoms with Gasteiger partial charge in [-0.15, -0.1) is 8.58 Å². The lowest BCUT2D eigenvalue weighted by Crippen LogP contribution is -2.26. The molecule has 106 valence electrons. The Morgan fingerprint density at radius 2 is 1.84 bits per heavy atom. The predicted molar refractivity (Wildman–Crippen MR) is 84.2 cm³/mol. The molecule has 0 heterocycles. The van der Waals surface area contributed by atoms with Gasteiger partial charge in [-0.2, -0.15) is 0 Å². The van der Waals surface area contributed by atoms with Crippen LogP contribution >= 0.6 is 8.58 Å². The van der Waals surface area contributed by atoms with Gasteiger partial charge >= 0.3 is 0 Å². The van der Waals surface area contributed by atoms with Crippen molar-refractivity contribution in [1.82, 2.24) is 5.32 Å². The average Bonchev–Trinajstić information content (AvgIpc) is 2.39. The first kappa shape index (κ1) is 17.4. The Morgan fingerprint density at radius 1 is 1.26 bits per heavy atom. The third kappa shape index (κ3) is 10.0. The molecular formula is C13H23N4OP. The highest BCUT2D eigenvalue weighted by Crippen LogP contribution is 1.97. The van der Waals surface area contributed by atoms with E-state index in [0.29, 0.717) is 18.7 Å². The van der Waals surface area contributed by atoms with E-state index in [4.69, 9.17) is 11.5 Å². The minimum atomic E-state index is -0.0784. The van der Waals surface area contributed by atoms with E-state index < -0.39 is 0 Å². The van der Waals surface area contributed by atoms with Gasteiger partial charge in [-0.3, -0.25) is 9.79 Å². The molecule has 0 unspecified atom stereocenters. The summed E-state index contributed by atoms with van der Waals surface area (Å²) in [6.45, 7) is 5.39. The number of benzene rings is 1. The third-order valence-corrected chi connectivity index (χ3v) is 1.95. The van der Waals surface area contributed by atoms with Crippen LogP contribution in [0.1, 0.15) is 16.8 Å². The first-order valence-electron chi connectivity index (χ1n) is 6.09. The summed E-state index contributed by atoms with van der Waals surface area (Å²) in [4.78, 5) is 15.4. The van der Waals surface area contributed by atoms with Crippen molar-refractivity contribution in [3.05, 3.63) is 35.9 Å². The molecule has 5 nitrogen and oxygen atoms in total. The second-order valence-electron chi connectivity index (χ2n) is 3.78. The minimum absolute atomic E-state index is 0.0781. The quantitative estimate of drug-likeness (QED) is 0.325. The third-order valence-electron chi connectivity index (χ3n) is 1.95. The lowest BCUT2D eigenvalue weighted by molar-refractivity contribution is 0.0953. The summed E-state index contributed by atoms with van der Waals surface area (Å²) in [7, 11) is 1.08. The van der Waals surface area contributed by atoms with E-state index in [2.05, 4.69) is 23.6 Å². The van der Waals surface area contributed by atoms with Crippen LogP contribution in [-0.4, -0.2) is 38.3 Å². The Kier molecular flexibility index (Phi) is 10.5. The Bertz CT molecular complexity index is 377. The van der Waals surface area contributed by atoms with Gasteiger partial charge in [0, 0.05) is 18.7 Å². The molecule has 0 atom stereocenters. The van der Waals surface area contributed by atoms with Gasteiger partial charge in [0.15, 0.2) is 5.96 Å². The van der Waals surface area contributed by atoms with Crippen molar-refractivity contribution in [2.24, 2.45) is 16.5 Å². The van der Waals surface area contributed by atoms with Crippen molar-refractivity contribution >= 4 is 20.4 Å². The van der Waals surface area contributed by atoms with E-state index in [1.165, 1.54) is 0 Å². The van der Waals surface area contributed by atoms with Crippen LogP contribution < -0.4 is 16.8 Å². The number of carbonyl (C=O) groups is 1. The number of rotatable bonds is 5. The zero-order valence-corrected chi connectivity index (χ0v) is 12.5. The molecule has 0 aromatic heterocycles. The largest absolute Gasteiger partial charge is 0.370 e. The van der Waals surface area contributed by atoms with Gasteiger partial charge in [0.05, 0.1) is 0 Å². The number of hydrogen-bond donors (Lipinski definition) is 3. The molecule has 1 aromatic carbocycles. The van der Waals surface area contributed by atoms with Crippen molar-refractivity contribution < 1.29 is 4.79 Å². The SMILES string of the molecule is CPC.NC(N)=NCCCNC(=O)c1ccccc1. The van der Waals surface area contributed by atoms with Gasteiger partial charge in [0.25, 0.3) is 5.91 Å². The first-order valence-corrected chi connectivity index (χ1v) is 8.09. The predicted octanol–water partition coefficient (Wildman–Crippen LogP) is 1.00. The fraction of sp³-hybridized carbons (Fsp3) is 0.385. The highest BCUT2D eigenvalue weighted by molar-refractivity contribution is 7.35. The Morgan fingerprint density at radius 3 is 2.37 bits per heavy atom. The van der Waals surface area contributed by atoms with Gasteiger partial charge in [-0.1, -0.05) is 18.2 Å². The number of nitrogens with two attached hydrogens (primary N) is 2. The van der Waals surface area contributed by atoms with Crippen LogP contribution in [0, 0.1) is 0 Å². The maximum Gasteiger partial charge on any atom is 0.251 e. The summed E-state index contributed by atoms with van der Waals surface area (Å²) < 4.78 is 0. The van der Waals surface area contributed by atoms with E-state index >= 15 is 0 Å². The Balaban J connectivity index is 0.000000982. The summed E-state index contributed by atoms with van der Waals surface area (Å²) in [5.41, 5.74) is 11.0. The molecule has 0 saturated carbocycles. The molecule has 0 bridgehead atoms. The smallest absolute Gasteiger partial charge is 0.251 e. The second kappa shape index (κ2) is 11.5. The topological polar surface area (TPSA) is 93.5 Å². The zero-order valence-electron chi connectivity index (χ0n) is 11.5. The fourth-order valence-electron chi connectivity index (χ4n) is 1.18. The molecule has 6 heteroatoms. The normalized spacial score (nSPS) is 8.95. The number of nitrogens with zero attached hydrogens (tertiary/aromatic N) is 1. The van der Waals surface area contributed by atoms with Crippen molar-refractivity contribution in [3.8, 4) is 0 Å². The van der Waals surface area contributed by atoms with E-state index in [1.807, 2.05) is 18.2 Å². The highest BCUT2D eigenvalue weighted by Gasteiger charge is 2.01. The molecule has 0 radical (unpaired) electrons. The van der Waals surface area contributed by atoms with Crippen molar-refractivity contribution in [2.45, 2.75) is 6.42 Å². The van der Waals surface area contributed by atoms with E-state index in [-0.39, 0.29) is 11.9 Å². The van der Waals surface area contributed by atoms with E-state index in [9.17, 15) is 4.79 Å². The molecule has 0 saturated heterocycles. The minimum Gasteiger partial charge on any atom is -0.370 e. The Hall–Kier alpha value is -1.61. The molecule has 0 fully saturated rings. The molecule has 0 aliphatic heterocycles. The van der Waals surface area contributed by atoms with Crippen LogP contribution in [0.5, 0.6) is 0 Å². The summed E-state index contributed by atoms with van der Waals surface area (Å²) >= 11 is 0. The molecule has 0 aliphatic rings. The number of aliphatic imine (C=N–C) groups is 1. The number of amides is 1. The van der Waals surface area contributed by atoms with Gasteiger partial charge in [0.2, 0.25) is 0 Å². The maximum absolute atomic E-state index is 11.5. The summed E-state index contributed by atoms with van der Waals surface area (Å²) in [6, 6.07) is 9.06. The monoisotopic (exact) mass is 282 g/mol. The lowest BCUT2D eigenvalue weighted by atomic mass is 10.2. The van der Waals surface area contributed by atoms with Crippen LogP contribution in [0.4, 0.5) is 0 Å². The molecule has 1 rings (SSSR count). The van der Waals surface area contributed by atoms with Gasteiger partial charge < -0.3 is 16.8 Å². The van der Waals surface area contributed by atoms with Gasteiger partial charge in [0.1, 0.15) is 0 Å². The van der Waals surface area contributed by atoms with Crippen molar-refractivity contribution in [2.75, 3.05) is 26.4 Å². The van der Waals surface area contributed by atoms with Crippen LogP contribution in [-0.2, 0) is 0 Å². The van der Waals surface area contributed by atoms with Crippen molar-refractivity contribution in [3.63, 3.8) is 0 Å². The number of nitrogens with one attached hydrogen (secondary N) is 1. The van der Waals surface area contributed by atoms with Crippen molar-refractivity contribution in [1.29, 1.82) is 0 Å². The average molecular weight is 282 g/mol. The second-order valence-corrected chi connectivity index (χ2v) is 4.78. The summed E-state index contributed by atoms with van der Waals surface area (Å²) in [5, 5.41) is 2.78. The zero-order chi connectivity index (χ0) is 14.5. The Labute approximate surface area is 116 Å². The van der Waals surface area contributed by atoms with Crippen LogP contribution in [0.3, 0.4) is 0 Å².